The molecule has 0 radical (unpaired) electrons. The van der Waals surface area contributed by atoms with E-state index in [0.717, 1.165) is 25.2 Å². The molecule has 1 N–H and O–H groups in total. The molecule has 100 valence electrons. The largest absolute Gasteiger partial charge is 0.337 e. The van der Waals surface area contributed by atoms with E-state index in [9.17, 15) is 0 Å². The van der Waals surface area contributed by atoms with Gasteiger partial charge in [-0.15, -0.1) is 0 Å². The van der Waals surface area contributed by atoms with E-state index >= 15 is 0 Å². The minimum atomic E-state index is 0.744. The first kappa shape index (κ1) is 12.2. The Morgan fingerprint density at radius 2 is 2.22 bits per heavy atom. The van der Waals surface area contributed by atoms with Gasteiger partial charge in [0, 0.05) is 37.6 Å². The second-order valence-corrected chi connectivity index (χ2v) is 5.60. The highest BCUT2D eigenvalue weighted by Gasteiger charge is 2.34. The molecule has 0 aromatic carbocycles. The van der Waals surface area contributed by atoms with E-state index in [-0.39, 0.29) is 0 Å². The van der Waals surface area contributed by atoms with Crippen LogP contribution in [-0.2, 0) is 6.54 Å². The van der Waals surface area contributed by atoms with E-state index in [4.69, 9.17) is 0 Å². The van der Waals surface area contributed by atoms with Gasteiger partial charge in [0.05, 0.1) is 6.33 Å². The second kappa shape index (κ2) is 5.85. The molecule has 0 aliphatic carbocycles. The lowest BCUT2D eigenvalue weighted by Gasteiger charge is -2.32. The summed E-state index contributed by atoms with van der Waals surface area (Å²) in [7, 11) is 0. The van der Waals surface area contributed by atoms with E-state index in [0.29, 0.717) is 0 Å². The lowest BCUT2D eigenvalue weighted by Crippen LogP contribution is -2.45. The van der Waals surface area contributed by atoms with Gasteiger partial charge in [0.15, 0.2) is 0 Å². The van der Waals surface area contributed by atoms with Crippen molar-refractivity contribution in [3.05, 3.63) is 18.7 Å². The van der Waals surface area contributed by atoms with Gasteiger partial charge in [0.2, 0.25) is 0 Å². The summed E-state index contributed by atoms with van der Waals surface area (Å²) in [5.41, 5.74) is 0. The molecule has 1 aromatic heterocycles. The molecule has 2 aliphatic heterocycles. The molecule has 18 heavy (non-hydrogen) atoms. The molecule has 0 saturated carbocycles. The molecule has 0 bridgehead atoms. The van der Waals surface area contributed by atoms with E-state index in [1.165, 1.54) is 45.2 Å². The van der Waals surface area contributed by atoms with Crippen LogP contribution in [0.5, 0.6) is 0 Å². The summed E-state index contributed by atoms with van der Waals surface area (Å²) in [6.07, 6.45) is 12.6. The van der Waals surface area contributed by atoms with Crippen LogP contribution in [0, 0.1) is 0 Å². The Labute approximate surface area is 109 Å². The summed E-state index contributed by atoms with van der Waals surface area (Å²) in [4.78, 5) is 6.76. The Kier molecular flexibility index (Phi) is 3.96. The fourth-order valence-electron chi connectivity index (χ4n) is 3.45. The number of aryl methyl sites for hydroxylation is 1. The standard InChI is InChI=1S/C14H24N4/c1-2-9-18-10-5-13(14(18)4-1)16-6-3-8-17-11-7-15-12-17/h7,11-14,16H,1-6,8-10H2. The molecule has 4 heteroatoms. The Morgan fingerprint density at radius 1 is 1.22 bits per heavy atom. The van der Waals surface area contributed by atoms with Crippen LogP contribution in [0.3, 0.4) is 0 Å². The molecule has 4 nitrogen and oxygen atoms in total. The number of piperidine rings is 1. The van der Waals surface area contributed by atoms with Crippen LogP contribution in [0.4, 0.5) is 0 Å². The SMILES string of the molecule is c1cn(CCCNC2CCN3CCCCC23)cn1. The van der Waals surface area contributed by atoms with Crippen molar-refractivity contribution in [1.82, 2.24) is 19.8 Å². The minimum Gasteiger partial charge on any atom is -0.337 e. The van der Waals surface area contributed by atoms with Crippen LogP contribution in [0.15, 0.2) is 18.7 Å². The number of aromatic nitrogens is 2. The van der Waals surface area contributed by atoms with Crippen molar-refractivity contribution in [3.63, 3.8) is 0 Å². The van der Waals surface area contributed by atoms with Crippen molar-refractivity contribution in [2.45, 2.75) is 50.7 Å². The van der Waals surface area contributed by atoms with E-state index in [1.54, 1.807) is 0 Å². The number of rotatable bonds is 5. The average molecular weight is 248 g/mol. The van der Waals surface area contributed by atoms with Crippen LogP contribution in [0.25, 0.3) is 0 Å². The maximum absolute atomic E-state index is 4.07. The minimum absolute atomic E-state index is 0.744. The van der Waals surface area contributed by atoms with Gasteiger partial charge in [-0.1, -0.05) is 6.42 Å². The lowest BCUT2D eigenvalue weighted by molar-refractivity contribution is 0.180. The number of fused-ring (bicyclic) bond motifs is 1. The summed E-state index contributed by atoms with van der Waals surface area (Å²) in [5.74, 6) is 0. The van der Waals surface area contributed by atoms with Crippen molar-refractivity contribution in [1.29, 1.82) is 0 Å². The third kappa shape index (κ3) is 2.75. The first-order valence-corrected chi connectivity index (χ1v) is 7.37. The molecule has 0 spiro atoms. The first-order chi connectivity index (χ1) is 8.93. The Balaban J connectivity index is 1.38. The highest BCUT2D eigenvalue weighted by molar-refractivity contribution is 4.93. The van der Waals surface area contributed by atoms with Crippen molar-refractivity contribution in [3.8, 4) is 0 Å². The van der Waals surface area contributed by atoms with Crippen molar-refractivity contribution >= 4 is 0 Å². The van der Waals surface area contributed by atoms with Crippen LogP contribution < -0.4 is 5.32 Å². The molecular formula is C14H24N4. The third-order valence-electron chi connectivity index (χ3n) is 4.41. The maximum Gasteiger partial charge on any atom is 0.0945 e. The van der Waals surface area contributed by atoms with Gasteiger partial charge in [-0.2, -0.15) is 0 Å². The number of imidazole rings is 1. The summed E-state index contributed by atoms with van der Waals surface area (Å²) >= 11 is 0. The Morgan fingerprint density at radius 3 is 3.11 bits per heavy atom. The van der Waals surface area contributed by atoms with Gasteiger partial charge in [-0.25, -0.2) is 4.98 Å². The van der Waals surface area contributed by atoms with Gasteiger partial charge >= 0.3 is 0 Å². The van der Waals surface area contributed by atoms with Gasteiger partial charge in [0.1, 0.15) is 0 Å². The molecule has 3 heterocycles. The average Bonchev–Trinajstić information content (AvgIpc) is 3.04. The predicted octanol–water partition coefficient (Wildman–Crippen LogP) is 1.49. The van der Waals surface area contributed by atoms with Crippen LogP contribution in [0.2, 0.25) is 0 Å². The lowest BCUT2D eigenvalue weighted by atomic mass is 9.99. The van der Waals surface area contributed by atoms with Crippen LogP contribution in [-0.4, -0.2) is 46.2 Å². The highest BCUT2D eigenvalue weighted by Crippen LogP contribution is 2.26. The van der Waals surface area contributed by atoms with Crippen molar-refractivity contribution in [2.75, 3.05) is 19.6 Å². The van der Waals surface area contributed by atoms with E-state index in [2.05, 4.69) is 19.8 Å². The number of hydrogen-bond acceptors (Lipinski definition) is 3. The zero-order chi connectivity index (χ0) is 12.2. The Hall–Kier alpha value is -0.870. The molecule has 2 aliphatic rings. The normalized spacial score (nSPS) is 28.4. The van der Waals surface area contributed by atoms with Gasteiger partial charge in [0.25, 0.3) is 0 Å². The summed E-state index contributed by atoms with van der Waals surface area (Å²) < 4.78 is 2.16. The molecule has 1 aromatic rings. The van der Waals surface area contributed by atoms with E-state index < -0.39 is 0 Å². The summed E-state index contributed by atoms with van der Waals surface area (Å²) in [5, 5.41) is 3.77. The van der Waals surface area contributed by atoms with E-state index in [1.807, 2.05) is 18.7 Å². The fraction of sp³-hybridized carbons (Fsp3) is 0.786. The summed E-state index contributed by atoms with van der Waals surface area (Å²) in [6.45, 7) is 4.85. The van der Waals surface area contributed by atoms with Gasteiger partial charge in [-0.05, 0) is 38.8 Å². The highest BCUT2D eigenvalue weighted by atomic mass is 15.2. The quantitative estimate of drug-likeness (QED) is 0.802. The third-order valence-corrected chi connectivity index (χ3v) is 4.41. The molecule has 2 saturated heterocycles. The number of hydrogen-bond donors (Lipinski definition) is 1. The molecule has 2 unspecified atom stereocenters. The van der Waals surface area contributed by atoms with Gasteiger partial charge < -0.3 is 9.88 Å². The van der Waals surface area contributed by atoms with Crippen LogP contribution in [0.1, 0.15) is 32.1 Å². The molecule has 3 rings (SSSR count). The van der Waals surface area contributed by atoms with Crippen molar-refractivity contribution < 1.29 is 0 Å². The molecule has 2 fully saturated rings. The second-order valence-electron chi connectivity index (χ2n) is 5.60. The smallest absolute Gasteiger partial charge is 0.0945 e. The zero-order valence-corrected chi connectivity index (χ0v) is 11.1. The van der Waals surface area contributed by atoms with Crippen LogP contribution >= 0.6 is 0 Å². The maximum atomic E-state index is 4.07. The molecule has 2 atom stereocenters. The van der Waals surface area contributed by atoms with Crippen molar-refractivity contribution in [2.24, 2.45) is 0 Å². The molecule has 0 amide bonds. The predicted molar refractivity (Wildman–Crippen MR) is 72.5 cm³/mol. The Bertz CT molecular complexity index is 349. The fourth-order valence-corrected chi connectivity index (χ4v) is 3.45. The summed E-state index contributed by atoms with van der Waals surface area (Å²) in [6, 6.07) is 1.57. The monoisotopic (exact) mass is 248 g/mol. The molecular weight excluding hydrogens is 224 g/mol. The number of nitrogens with zero attached hydrogens (tertiary/aromatic N) is 3. The van der Waals surface area contributed by atoms with Gasteiger partial charge in [-0.3, -0.25) is 4.90 Å². The first-order valence-electron chi connectivity index (χ1n) is 7.37. The zero-order valence-electron chi connectivity index (χ0n) is 11.1. The number of nitrogens with one attached hydrogen (secondary N) is 1. The topological polar surface area (TPSA) is 33.1 Å².